The molecule has 2 aromatic heterocycles. The van der Waals surface area contributed by atoms with Gasteiger partial charge in [-0.1, -0.05) is 6.07 Å². The van der Waals surface area contributed by atoms with Gasteiger partial charge in [-0.3, -0.25) is 9.78 Å². The van der Waals surface area contributed by atoms with E-state index in [1.165, 1.54) is 11.3 Å². The van der Waals surface area contributed by atoms with E-state index in [0.717, 1.165) is 27.3 Å². The van der Waals surface area contributed by atoms with Gasteiger partial charge in [0.1, 0.15) is 4.88 Å². The van der Waals surface area contributed by atoms with Crippen molar-refractivity contribution in [1.82, 2.24) is 9.97 Å². The van der Waals surface area contributed by atoms with Gasteiger partial charge in [-0.15, -0.1) is 11.3 Å². The van der Waals surface area contributed by atoms with E-state index >= 15 is 0 Å². The molecule has 2 heterocycles. The number of anilines is 1. The molecule has 0 unspecified atom stereocenters. The second kappa shape index (κ2) is 5.26. The summed E-state index contributed by atoms with van der Waals surface area (Å²) in [5.74, 6) is -0.0329. The van der Waals surface area contributed by atoms with Gasteiger partial charge in [0, 0.05) is 18.6 Å². The lowest BCUT2D eigenvalue weighted by Gasteiger charge is -2.18. The topological polar surface area (TPSA) is 46.1 Å². The van der Waals surface area contributed by atoms with Crippen LogP contribution in [0.3, 0.4) is 0 Å². The third-order valence-corrected chi connectivity index (χ3v) is 4.45. The molecule has 1 amide bonds. The number of carbonyl (C=O) groups excluding carboxylic acids is 1. The number of hydrogen-bond acceptors (Lipinski definition) is 4. The Labute approximate surface area is 127 Å². The van der Waals surface area contributed by atoms with Crippen molar-refractivity contribution < 1.29 is 4.79 Å². The highest BCUT2D eigenvalue weighted by molar-refractivity contribution is 7.13. The number of fused-ring (bicyclic) bond motifs is 1. The molecular weight excluding hydrogens is 282 g/mol. The number of hydrogen-bond donors (Lipinski definition) is 0. The maximum atomic E-state index is 12.7. The Kier molecular flexibility index (Phi) is 3.43. The molecule has 3 rings (SSSR count). The standard InChI is InChI=1S/C16H15N3OS/c1-10-15(21-11(2)18-10)16(20)19(3)14-8-4-7-13-12(14)6-5-9-17-13/h4-9H,1-3H3. The minimum Gasteiger partial charge on any atom is -0.310 e. The zero-order valence-electron chi connectivity index (χ0n) is 12.1. The van der Waals surface area contributed by atoms with Crippen LogP contribution in [0, 0.1) is 13.8 Å². The molecule has 0 radical (unpaired) electrons. The van der Waals surface area contributed by atoms with Crippen LogP contribution in [0.1, 0.15) is 20.4 Å². The minimum absolute atomic E-state index is 0.0329. The number of pyridine rings is 1. The molecule has 0 saturated heterocycles. The van der Waals surface area contributed by atoms with Gasteiger partial charge in [0.15, 0.2) is 0 Å². The second-order valence-corrected chi connectivity index (χ2v) is 6.06. The molecule has 0 aliphatic rings. The van der Waals surface area contributed by atoms with Crippen molar-refractivity contribution in [2.75, 3.05) is 11.9 Å². The number of carbonyl (C=O) groups is 1. The Morgan fingerprint density at radius 1 is 1.19 bits per heavy atom. The molecule has 0 N–H and O–H groups in total. The molecule has 0 saturated carbocycles. The van der Waals surface area contributed by atoms with E-state index in [2.05, 4.69) is 9.97 Å². The maximum Gasteiger partial charge on any atom is 0.270 e. The SMILES string of the molecule is Cc1nc(C)c(C(=O)N(C)c2cccc3ncccc23)s1. The summed E-state index contributed by atoms with van der Waals surface area (Å²) in [6, 6.07) is 9.65. The van der Waals surface area contributed by atoms with Crippen LogP contribution in [0.25, 0.3) is 10.9 Å². The zero-order valence-corrected chi connectivity index (χ0v) is 12.9. The third-order valence-electron chi connectivity index (χ3n) is 3.39. The van der Waals surface area contributed by atoms with E-state index in [-0.39, 0.29) is 5.91 Å². The summed E-state index contributed by atoms with van der Waals surface area (Å²) >= 11 is 1.43. The monoisotopic (exact) mass is 297 g/mol. The molecule has 3 aromatic rings. The van der Waals surface area contributed by atoms with Crippen LogP contribution in [0.15, 0.2) is 36.5 Å². The number of amides is 1. The molecule has 106 valence electrons. The van der Waals surface area contributed by atoms with Crippen molar-refractivity contribution in [3.8, 4) is 0 Å². The van der Waals surface area contributed by atoms with Crippen LogP contribution >= 0.6 is 11.3 Å². The van der Waals surface area contributed by atoms with Gasteiger partial charge in [-0.2, -0.15) is 0 Å². The average molecular weight is 297 g/mol. The minimum atomic E-state index is -0.0329. The van der Waals surface area contributed by atoms with Crippen LogP contribution < -0.4 is 4.90 Å². The number of benzene rings is 1. The summed E-state index contributed by atoms with van der Waals surface area (Å²) in [5.41, 5.74) is 2.52. The van der Waals surface area contributed by atoms with E-state index in [1.807, 2.05) is 44.2 Å². The first-order valence-electron chi connectivity index (χ1n) is 6.64. The number of aromatic nitrogens is 2. The predicted octanol–water partition coefficient (Wildman–Crippen LogP) is 3.58. The first-order valence-corrected chi connectivity index (χ1v) is 7.45. The fraction of sp³-hybridized carbons (Fsp3) is 0.188. The molecular formula is C16H15N3OS. The number of rotatable bonds is 2. The fourth-order valence-electron chi connectivity index (χ4n) is 2.37. The largest absolute Gasteiger partial charge is 0.310 e. The van der Waals surface area contributed by atoms with Crippen LogP contribution in [0.4, 0.5) is 5.69 Å². The van der Waals surface area contributed by atoms with Crippen LogP contribution in [-0.2, 0) is 0 Å². The van der Waals surface area contributed by atoms with Crippen molar-refractivity contribution in [3.63, 3.8) is 0 Å². The Balaban J connectivity index is 2.06. The quantitative estimate of drug-likeness (QED) is 0.726. The van der Waals surface area contributed by atoms with E-state index in [9.17, 15) is 4.79 Å². The predicted molar refractivity (Wildman–Crippen MR) is 86.1 cm³/mol. The molecule has 0 aliphatic heterocycles. The third kappa shape index (κ3) is 2.40. The molecule has 5 heteroatoms. The summed E-state index contributed by atoms with van der Waals surface area (Å²) in [6.07, 6.45) is 1.75. The van der Waals surface area contributed by atoms with Gasteiger partial charge in [0.25, 0.3) is 5.91 Å². The first-order chi connectivity index (χ1) is 10.1. The lowest BCUT2D eigenvalue weighted by Crippen LogP contribution is -2.26. The molecule has 1 aromatic carbocycles. The van der Waals surface area contributed by atoms with Crippen molar-refractivity contribution in [2.45, 2.75) is 13.8 Å². The van der Waals surface area contributed by atoms with E-state index in [4.69, 9.17) is 0 Å². The molecule has 0 atom stereocenters. The summed E-state index contributed by atoms with van der Waals surface area (Å²) < 4.78 is 0. The number of nitrogens with zero attached hydrogens (tertiary/aromatic N) is 3. The molecule has 21 heavy (non-hydrogen) atoms. The molecule has 4 nitrogen and oxygen atoms in total. The lowest BCUT2D eigenvalue weighted by atomic mass is 10.1. The molecule has 0 fully saturated rings. The highest BCUT2D eigenvalue weighted by Gasteiger charge is 2.20. The summed E-state index contributed by atoms with van der Waals surface area (Å²) in [7, 11) is 1.79. The number of aryl methyl sites for hydroxylation is 2. The maximum absolute atomic E-state index is 12.7. The Hall–Kier alpha value is -2.27. The normalized spacial score (nSPS) is 10.8. The van der Waals surface area contributed by atoms with Crippen LogP contribution in [-0.4, -0.2) is 22.9 Å². The van der Waals surface area contributed by atoms with Crippen molar-refractivity contribution >= 4 is 33.8 Å². The van der Waals surface area contributed by atoms with Gasteiger partial charge in [-0.25, -0.2) is 4.98 Å². The highest BCUT2D eigenvalue weighted by atomic mass is 32.1. The first kappa shape index (κ1) is 13.7. The fourth-order valence-corrected chi connectivity index (χ4v) is 3.27. The van der Waals surface area contributed by atoms with Gasteiger partial charge in [0.2, 0.25) is 0 Å². The zero-order chi connectivity index (χ0) is 15.0. The Bertz CT molecular complexity index is 820. The van der Waals surface area contributed by atoms with E-state index in [0.29, 0.717) is 4.88 Å². The Morgan fingerprint density at radius 3 is 2.71 bits per heavy atom. The summed E-state index contributed by atoms with van der Waals surface area (Å²) in [6.45, 7) is 3.78. The van der Waals surface area contributed by atoms with Crippen molar-refractivity contribution in [1.29, 1.82) is 0 Å². The Morgan fingerprint density at radius 2 is 2.00 bits per heavy atom. The van der Waals surface area contributed by atoms with Crippen molar-refractivity contribution in [3.05, 3.63) is 52.1 Å². The highest BCUT2D eigenvalue weighted by Crippen LogP contribution is 2.27. The lowest BCUT2D eigenvalue weighted by molar-refractivity contribution is 0.0996. The molecule has 0 aliphatic carbocycles. The molecule has 0 spiro atoms. The van der Waals surface area contributed by atoms with Gasteiger partial charge < -0.3 is 4.90 Å². The average Bonchev–Trinajstić information content (AvgIpc) is 2.84. The smallest absolute Gasteiger partial charge is 0.270 e. The van der Waals surface area contributed by atoms with Crippen LogP contribution in [0.5, 0.6) is 0 Å². The summed E-state index contributed by atoms with van der Waals surface area (Å²) in [5, 5.41) is 1.87. The van der Waals surface area contributed by atoms with Crippen molar-refractivity contribution in [2.24, 2.45) is 0 Å². The van der Waals surface area contributed by atoms with E-state index < -0.39 is 0 Å². The number of thiazole rings is 1. The molecule has 0 bridgehead atoms. The van der Waals surface area contributed by atoms with E-state index in [1.54, 1.807) is 18.1 Å². The van der Waals surface area contributed by atoms with Gasteiger partial charge in [0.05, 0.1) is 21.9 Å². The van der Waals surface area contributed by atoms with Gasteiger partial charge >= 0.3 is 0 Å². The van der Waals surface area contributed by atoms with Crippen LogP contribution in [0.2, 0.25) is 0 Å². The van der Waals surface area contributed by atoms with Gasteiger partial charge in [-0.05, 0) is 38.1 Å². The second-order valence-electron chi connectivity index (χ2n) is 4.86. The summed E-state index contributed by atoms with van der Waals surface area (Å²) in [4.78, 5) is 23.7.